The highest BCUT2D eigenvalue weighted by Gasteiger charge is 2.36. The quantitative estimate of drug-likeness (QED) is 0.590. The zero-order valence-electron chi connectivity index (χ0n) is 21.1. The average molecular weight is 516 g/mol. The minimum Gasteiger partial charge on any atom is -0.378 e. The fraction of sp³-hybridized carbons (Fsp3) is 0.481. The van der Waals surface area contributed by atoms with Gasteiger partial charge in [0.05, 0.1) is 19.3 Å². The number of hydrogen-bond donors (Lipinski definition) is 2. The first-order chi connectivity index (χ1) is 17.6. The van der Waals surface area contributed by atoms with E-state index in [1.807, 2.05) is 38.1 Å². The third-order valence-electron chi connectivity index (χ3n) is 6.47. The van der Waals surface area contributed by atoms with Crippen molar-refractivity contribution >= 4 is 17.5 Å². The number of alkyl halides is 3. The first-order valence-corrected chi connectivity index (χ1v) is 12.4. The number of urea groups is 1. The molecule has 0 radical (unpaired) electrons. The summed E-state index contributed by atoms with van der Waals surface area (Å²) in [6.07, 6.45) is -4.75. The Labute approximate surface area is 215 Å². The number of amides is 2. The monoisotopic (exact) mass is 515 g/mol. The van der Waals surface area contributed by atoms with E-state index in [9.17, 15) is 18.0 Å². The zero-order chi connectivity index (χ0) is 26.6. The van der Waals surface area contributed by atoms with Gasteiger partial charge in [0.15, 0.2) is 0 Å². The number of rotatable bonds is 4. The van der Waals surface area contributed by atoms with Crippen LogP contribution in [0.5, 0.6) is 0 Å². The largest absolute Gasteiger partial charge is 0.389 e. The SMILES string of the molecule is Cc1ccc(NC(=O)N2CCC(CC(F)(F)F)C2)cc1-c1cc(C#CC(C)N)nc(N2CCOCC2)c1. The normalized spacial score (nSPS) is 18.8. The molecule has 2 unspecified atom stereocenters. The predicted octanol–water partition coefficient (Wildman–Crippen LogP) is 4.40. The van der Waals surface area contributed by atoms with Crippen molar-refractivity contribution in [1.82, 2.24) is 9.88 Å². The topological polar surface area (TPSA) is 83.7 Å². The number of halogens is 3. The molecule has 0 bridgehead atoms. The highest BCUT2D eigenvalue weighted by atomic mass is 19.4. The highest BCUT2D eigenvalue weighted by Crippen LogP contribution is 2.32. The van der Waals surface area contributed by atoms with Gasteiger partial charge in [-0.2, -0.15) is 13.2 Å². The standard InChI is InChI=1S/C27H32F3N5O2/c1-18-3-5-23(33-26(36)35-8-7-20(17-35)16-27(28,29)30)15-24(18)21-13-22(6-4-19(2)31)32-25(14-21)34-9-11-37-12-10-34/h3,5,13-15,19-20H,7-12,16-17,31H2,1-2H3,(H,33,36). The molecular weight excluding hydrogens is 483 g/mol. The van der Waals surface area contributed by atoms with E-state index in [2.05, 4.69) is 22.1 Å². The van der Waals surface area contributed by atoms with Crippen molar-refractivity contribution in [3.8, 4) is 23.0 Å². The second-order valence-electron chi connectivity index (χ2n) is 9.64. The lowest BCUT2D eigenvalue weighted by Gasteiger charge is -2.28. The Balaban J connectivity index is 1.57. The van der Waals surface area contributed by atoms with Gasteiger partial charge in [-0.25, -0.2) is 9.78 Å². The van der Waals surface area contributed by atoms with Crippen LogP contribution in [0.3, 0.4) is 0 Å². The number of carbonyl (C=O) groups is 1. The average Bonchev–Trinajstić information content (AvgIpc) is 3.31. The van der Waals surface area contributed by atoms with Gasteiger partial charge < -0.3 is 25.6 Å². The van der Waals surface area contributed by atoms with Crippen molar-refractivity contribution in [2.45, 2.75) is 38.9 Å². The van der Waals surface area contributed by atoms with Gasteiger partial charge in [0.1, 0.15) is 11.5 Å². The molecule has 7 nitrogen and oxygen atoms in total. The molecule has 2 atom stereocenters. The third-order valence-corrected chi connectivity index (χ3v) is 6.47. The van der Waals surface area contributed by atoms with Crippen molar-refractivity contribution in [3.05, 3.63) is 41.6 Å². The fourth-order valence-electron chi connectivity index (χ4n) is 4.60. The summed E-state index contributed by atoms with van der Waals surface area (Å²) in [5.74, 6) is 6.24. The molecule has 4 rings (SSSR count). The van der Waals surface area contributed by atoms with Crippen molar-refractivity contribution in [1.29, 1.82) is 0 Å². The Morgan fingerprint density at radius 1 is 1.24 bits per heavy atom. The van der Waals surface area contributed by atoms with E-state index in [-0.39, 0.29) is 12.6 Å². The number of pyridine rings is 1. The van der Waals surface area contributed by atoms with E-state index in [0.717, 1.165) is 35.6 Å². The summed E-state index contributed by atoms with van der Waals surface area (Å²) in [5, 5.41) is 2.86. The lowest BCUT2D eigenvalue weighted by Crippen LogP contribution is -2.36. The molecule has 0 saturated carbocycles. The molecule has 2 aliphatic heterocycles. The summed E-state index contributed by atoms with van der Waals surface area (Å²) >= 11 is 0. The maximum absolute atomic E-state index is 12.8. The van der Waals surface area contributed by atoms with Crippen LogP contribution >= 0.6 is 0 Å². The van der Waals surface area contributed by atoms with Gasteiger partial charge in [-0.1, -0.05) is 12.0 Å². The highest BCUT2D eigenvalue weighted by molar-refractivity contribution is 5.90. The fourth-order valence-corrected chi connectivity index (χ4v) is 4.60. The summed E-state index contributed by atoms with van der Waals surface area (Å²) in [7, 11) is 0. The number of nitrogens with zero attached hydrogens (tertiary/aromatic N) is 3. The number of benzene rings is 1. The number of nitrogens with two attached hydrogens (primary N) is 1. The van der Waals surface area contributed by atoms with Crippen LogP contribution in [0.25, 0.3) is 11.1 Å². The smallest absolute Gasteiger partial charge is 0.378 e. The lowest BCUT2D eigenvalue weighted by molar-refractivity contribution is -0.143. The molecule has 10 heteroatoms. The molecule has 2 amide bonds. The molecule has 2 aliphatic rings. The van der Waals surface area contributed by atoms with E-state index in [4.69, 9.17) is 15.5 Å². The van der Waals surface area contributed by atoms with Gasteiger partial charge in [0.25, 0.3) is 0 Å². The Morgan fingerprint density at radius 3 is 2.70 bits per heavy atom. The van der Waals surface area contributed by atoms with Gasteiger partial charge in [0.2, 0.25) is 0 Å². The molecule has 1 aromatic heterocycles. The van der Waals surface area contributed by atoms with E-state index in [1.54, 1.807) is 6.07 Å². The molecule has 1 aromatic carbocycles. The third kappa shape index (κ3) is 7.37. The number of ether oxygens (including phenoxy) is 1. The number of morpholine rings is 1. The summed E-state index contributed by atoms with van der Waals surface area (Å²) in [4.78, 5) is 21.1. The van der Waals surface area contributed by atoms with E-state index < -0.39 is 24.5 Å². The molecule has 2 fully saturated rings. The second-order valence-corrected chi connectivity index (χ2v) is 9.64. The number of carbonyl (C=O) groups excluding carboxylic acids is 1. The lowest BCUT2D eigenvalue weighted by atomic mass is 9.99. The molecule has 0 spiro atoms. The van der Waals surface area contributed by atoms with Crippen LogP contribution in [0.15, 0.2) is 30.3 Å². The minimum absolute atomic E-state index is 0.0962. The van der Waals surface area contributed by atoms with Gasteiger partial charge in [-0.15, -0.1) is 0 Å². The van der Waals surface area contributed by atoms with Gasteiger partial charge in [0, 0.05) is 38.3 Å². The first-order valence-electron chi connectivity index (χ1n) is 12.4. The Bertz CT molecular complexity index is 1180. The summed E-state index contributed by atoms with van der Waals surface area (Å²) in [5.41, 5.74) is 9.77. The number of likely N-dealkylation sites (tertiary alicyclic amines) is 1. The molecule has 3 N–H and O–H groups in total. The van der Waals surface area contributed by atoms with Crippen molar-refractivity contribution in [2.24, 2.45) is 11.7 Å². The van der Waals surface area contributed by atoms with E-state index in [1.165, 1.54) is 4.90 Å². The Kier molecular flexibility index (Phi) is 8.25. The van der Waals surface area contributed by atoms with Crippen molar-refractivity contribution in [2.75, 3.05) is 49.6 Å². The van der Waals surface area contributed by atoms with E-state index >= 15 is 0 Å². The van der Waals surface area contributed by atoms with Crippen LogP contribution in [0.2, 0.25) is 0 Å². The van der Waals surface area contributed by atoms with Crippen LogP contribution in [-0.4, -0.2) is 67.5 Å². The van der Waals surface area contributed by atoms with E-state index in [0.29, 0.717) is 37.6 Å². The number of anilines is 2. The van der Waals surface area contributed by atoms with Gasteiger partial charge in [-0.3, -0.25) is 0 Å². The molecule has 37 heavy (non-hydrogen) atoms. The van der Waals surface area contributed by atoms with Crippen LogP contribution in [0, 0.1) is 24.7 Å². The second kappa shape index (κ2) is 11.4. The summed E-state index contributed by atoms with van der Waals surface area (Å²) in [6, 6.07) is 8.78. The maximum atomic E-state index is 12.8. The number of aromatic nitrogens is 1. The summed E-state index contributed by atoms with van der Waals surface area (Å²) < 4.78 is 43.7. The van der Waals surface area contributed by atoms with Crippen LogP contribution in [0.4, 0.5) is 29.5 Å². The van der Waals surface area contributed by atoms with Gasteiger partial charge >= 0.3 is 12.2 Å². The zero-order valence-corrected chi connectivity index (χ0v) is 21.1. The van der Waals surface area contributed by atoms with Crippen molar-refractivity contribution in [3.63, 3.8) is 0 Å². The van der Waals surface area contributed by atoms with Gasteiger partial charge in [-0.05, 0) is 73.1 Å². The number of aryl methyl sites for hydroxylation is 1. The molecular formula is C27H32F3N5O2. The molecule has 3 heterocycles. The maximum Gasteiger partial charge on any atom is 0.389 e. The number of nitrogens with one attached hydrogen (secondary N) is 1. The van der Waals surface area contributed by atoms with Crippen LogP contribution in [-0.2, 0) is 4.74 Å². The van der Waals surface area contributed by atoms with Crippen molar-refractivity contribution < 1.29 is 22.7 Å². The number of hydrogen-bond acceptors (Lipinski definition) is 5. The minimum atomic E-state index is -4.22. The van der Waals surface area contributed by atoms with Crippen LogP contribution < -0.4 is 16.0 Å². The molecule has 2 saturated heterocycles. The van der Waals surface area contributed by atoms with Crippen LogP contribution in [0.1, 0.15) is 31.0 Å². The predicted molar refractivity (Wildman–Crippen MR) is 137 cm³/mol. The summed E-state index contributed by atoms with van der Waals surface area (Å²) in [6.45, 7) is 6.86. The molecule has 198 valence electrons. The molecule has 2 aromatic rings. The Hall–Kier alpha value is -3.29. The molecule has 0 aliphatic carbocycles. The first kappa shape index (κ1) is 26.8. The Morgan fingerprint density at radius 2 is 2.00 bits per heavy atom.